The molecule has 194 valence electrons. The molecule has 0 aliphatic heterocycles. The van der Waals surface area contributed by atoms with E-state index in [0.717, 1.165) is 11.4 Å². The van der Waals surface area contributed by atoms with E-state index >= 15 is 0 Å². The van der Waals surface area contributed by atoms with Crippen molar-refractivity contribution in [3.05, 3.63) is 58.6 Å². The van der Waals surface area contributed by atoms with E-state index < -0.39 is 5.91 Å². The zero-order valence-corrected chi connectivity index (χ0v) is 22.1. The molecule has 1 N–H and O–H groups in total. The molecule has 0 saturated carbocycles. The average molecular weight is 523 g/mol. The number of hydrogen-bond donors (Lipinski definition) is 1. The van der Waals surface area contributed by atoms with Crippen LogP contribution in [0.5, 0.6) is 23.0 Å². The van der Waals surface area contributed by atoms with Gasteiger partial charge in [0.05, 0.1) is 13.7 Å². The third-order valence-electron chi connectivity index (χ3n) is 4.88. The molecule has 10 heteroatoms. The third-order valence-corrected chi connectivity index (χ3v) is 5.74. The van der Waals surface area contributed by atoms with Gasteiger partial charge in [0.2, 0.25) is 5.13 Å². The number of nitrogens with one attached hydrogen (secondary N) is 1. The van der Waals surface area contributed by atoms with Crippen molar-refractivity contribution in [3.63, 3.8) is 0 Å². The SMILES string of the molecule is CCOc1cc(C=C(C#N)C(=O)Nc2nnc(CC(C)C)s2)ccc1OCCOc1ccccc1OC. The summed E-state index contributed by atoms with van der Waals surface area (Å²) in [5.41, 5.74) is 0.549. The Morgan fingerprint density at radius 1 is 1.05 bits per heavy atom. The van der Waals surface area contributed by atoms with Crippen LogP contribution < -0.4 is 24.3 Å². The normalized spacial score (nSPS) is 11.1. The summed E-state index contributed by atoms with van der Waals surface area (Å²) < 4.78 is 22.6. The van der Waals surface area contributed by atoms with E-state index in [2.05, 4.69) is 29.4 Å². The Balaban J connectivity index is 1.65. The largest absolute Gasteiger partial charge is 0.493 e. The maximum absolute atomic E-state index is 12.7. The molecular weight excluding hydrogens is 492 g/mol. The van der Waals surface area contributed by atoms with Crippen LogP contribution in [-0.4, -0.2) is 43.0 Å². The highest BCUT2D eigenvalue weighted by atomic mass is 32.1. The Morgan fingerprint density at radius 2 is 1.76 bits per heavy atom. The Morgan fingerprint density at radius 3 is 2.41 bits per heavy atom. The van der Waals surface area contributed by atoms with Crippen LogP contribution in [0.1, 0.15) is 31.3 Å². The molecule has 0 atom stereocenters. The van der Waals surface area contributed by atoms with E-state index in [1.165, 1.54) is 17.4 Å². The predicted octanol–water partition coefficient (Wildman–Crippen LogP) is 5.15. The summed E-state index contributed by atoms with van der Waals surface area (Å²) in [4.78, 5) is 12.7. The number of ether oxygens (including phenoxy) is 4. The topological polar surface area (TPSA) is 116 Å². The van der Waals surface area contributed by atoms with Crippen LogP contribution in [0.25, 0.3) is 6.08 Å². The van der Waals surface area contributed by atoms with E-state index in [1.807, 2.05) is 37.3 Å². The summed E-state index contributed by atoms with van der Waals surface area (Å²) in [7, 11) is 1.59. The van der Waals surface area contributed by atoms with Crippen LogP contribution in [-0.2, 0) is 11.2 Å². The number of carbonyl (C=O) groups is 1. The molecule has 2 aromatic carbocycles. The van der Waals surface area contributed by atoms with E-state index in [-0.39, 0.29) is 12.2 Å². The van der Waals surface area contributed by atoms with Crippen LogP contribution in [0.15, 0.2) is 48.0 Å². The fourth-order valence-corrected chi connectivity index (χ4v) is 4.21. The third kappa shape index (κ3) is 8.22. The highest BCUT2D eigenvalue weighted by molar-refractivity contribution is 7.15. The van der Waals surface area contributed by atoms with Crippen LogP contribution in [0, 0.1) is 17.2 Å². The molecule has 0 saturated heterocycles. The minimum absolute atomic E-state index is 0.0677. The summed E-state index contributed by atoms with van der Waals surface area (Å²) in [5.74, 6) is 2.17. The number of methoxy groups -OCH3 is 1. The van der Waals surface area contributed by atoms with Gasteiger partial charge < -0.3 is 18.9 Å². The van der Waals surface area contributed by atoms with Crippen molar-refractivity contribution in [2.75, 3.05) is 32.2 Å². The number of benzene rings is 2. The van der Waals surface area contributed by atoms with Crippen molar-refractivity contribution in [3.8, 4) is 29.1 Å². The Bertz CT molecular complexity index is 1270. The van der Waals surface area contributed by atoms with Gasteiger partial charge in [-0.15, -0.1) is 10.2 Å². The molecule has 0 aliphatic carbocycles. The molecule has 1 aromatic heterocycles. The molecule has 0 radical (unpaired) electrons. The van der Waals surface area contributed by atoms with E-state index in [4.69, 9.17) is 18.9 Å². The van der Waals surface area contributed by atoms with E-state index in [9.17, 15) is 10.1 Å². The van der Waals surface area contributed by atoms with Crippen molar-refractivity contribution in [2.24, 2.45) is 5.92 Å². The lowest BCUT2D eigenvalue weighted by atomic mass is 10.1. The van der Waals surface area contributed by atoms with Crippen LogP contribution in [0.2, 0.25) is 0 Å². The van der Waals surface area contributed by atoms with Crippen LogP contribution in [0.3, 0.4) is 0 Å². The minimum atomic E-state index is -0.554. The summed E-state index contributed by atoms with van der Waals surface area (Å²) in [6, 6.07) is 14.5. The molecule has 1 amide bonds. The van der Waals surface area contributed by atoms with Crippen molar-refractivity contribution < 1.29 is 23.7 Å². The maximum Gasteiger partial charge on any atom is 0.268 e. The highest BCUT2D eigenvalue weighted by Gasteiger charge is 2.14. The number of para-hydroxylation sites is 2. The molecule has 37 heavy (non-hydrogen) atoms. The maximum atomic E-state index is 12.7. The Hall–Kier alpha value is -4.10. The molecule has 3 rings (SSSR count). The summed E-state index contributed by atoms with van der Waals surface area (Å²) in [6.07, 6.45) is 2.26. The smallest absolute Gasteiger partial charge is 0.268 e. The number of nitrogens with zero attached hydrogens (tertiary/aromatic N) is 3. The first-order valence-electron chi connectivity index (χ1n) is 11.8. The first-order chi connectivity index (χ1) is 17.9. The van der Waals surface area contributed by atoms with E-state index in [1.54, 1.807) is 25.3 Å². The minimum Gasteiger partial charge on any atom is -0.493 e. The lowest BCUT2D eigenvalue weighted by molar-refractivity contribution is -0.112. The number of nitriles is 1. The van der Waals surface area contributed by atoms with Crippen molar-refractivity contribution in [1.82, 2.24) is 10.2 Å². The fourth-order valence-electron chi connectivity index (χ4n) is 3.26. The average Bonchev–Trinajstić information content (AvgIpc) is 3.32. The van der Waals surface area contributed by atoms with Gasteiger partial charge in [-0.1, -0.05) is 43.4 Å². The molecular formula is C27H30N4O5S. The quantitative estimate of drug-likeness (QED) is 0.186. The summed E-state index contributed by atoms with van der Waals surface area (Å²) >= 11 is 1.30. The van der Waals surface area contributed by atoms with Crippen molar-refractivity contribution in [1.29, 1.82) is 5.26 Å². The number of anilines is 1. The summed E-state index contributed by atoms with van der Waals surface area (Å²) in [6.45, 7) is 7.03. The lowest BCUT2D eigenvalue weighted by Crippen LogP contribution is -2.13. The van der Waals surface area contributed by atoms with Crippen LogP contribution >= 0.6 is 11.3 Å². The number of hydrogen-bond acceptors (Lipinski definition) is 9. The number of aromatic nitrogens is 2. The van der Waals surface area contributed by atoms with Gasteiger partial charge in [0.1, 0.15) is 29.9 Å². The molecule has 0 aliphatic rings. The molecule has 3 aromatic rings. The monoisotopic (exact) mass is 522 g/mol. The zero-order chi connectivity index (χ0) is 26.6. The second kappa shape index (κ2) is 13.8. The first-order valence-corrected chi connectivity index (χ1v) is 12.7. The fraction of sp³-hybridized carbons (Fsp3) is 0.333. The van der Waals surface area contributed by atoms with Gasteiger partial charge in [0.25, 0.3) is 5.91 Å². The highest BCUT2D eigenvalue weighted by Crippen LogP contribution is 2.30. The van der Waals surface area contributed by atoms with Crippen molar-refractivity contribution >= 4 is 28.5 Å². The molecule has 9 nitrogen and oxygen atoms in total. The second-order valence-electron chi connectivity index (χ2n) is 8.21. The molecule has 0 unspecified atom stereocenters. The number of rotatable bonds is 13. The molecule has 1 heterocycles. The lowest BCUT2D eigenvalue weighted by Gasteiger charge is -2.14. The molecule has 0 bridgehead atoms. The van der Waals surface area contributed by atoms with Gasteiger partial charge in [0.15, 0.2) is 23.0 Å². The second-order valence-corrected chi connectivity index (χ2v) is 9.27. The van der Waals surface area contributed by atoms with E-state index in [0.29, 0.717) is 52.8 Å². The first kappa shape index (κ1) is 27.5. The molecule has 0 spiro atoms. The van der Waals surface area contributed by atoms with Gasteiger partial charge in [-0.2, -0.15) is 5.26 Å². The summed E-state index contributed by atoms with van der Waals surface area (Å²) in [5, 5.41) is 21.5. The zero-order valence-electron chi connectivity index (χ0n) is 21.3. The van der Waals surface area contributed by atoms with Gasteiger partial charge in [0, 0.05) is 6.42 Å². The Kier molecular flexibility index (Phi) is 10.3. The van der Waals surface area contributed by atoms with Crippen molar-refractivity contribution in [2.45, 2.75) is 27.2 Å². The molecule has 0 fully saturated rings. The number of carbonyl (C=O) groups excluding carboxylic acids is 1. The Labute approximate surface area is 220 Å². The predicted molar refractivity (Wildman–Crippen MR) is 142 cm³/mol. The van der Waals surface area contributed by atoms with Gasteiger partial charge >= 0.3 is 0 Å². The van der Waals surface area contributed by atoms with Gasteiger partial charge in [-0.25, -0.2) is 0 Å². The van der Waals surface area contributed by atoms with Crippen LogP contribution in [0.4, 0.5) is 5.13 Å². The van der Waals surface area contributed by atoms with Gasteiger partial charge in [-0.3, -0.25) is 10.1 Å². The standard InChI is InChI=1S/C27H30N4O5S/c1-5-34-24-16-19(10-11-23(24)36-13-12-35-22-9-7-6-8-21(22)33-4)15-20(17-28)26(32)29-27-31-30-25(37-27)14-18(2)3/h6-11,15-16,18H,5,12-14H2,1-4H3,(H,29,31,32). The number of amides is 1. The van der Waals surface area contributed by atoms with Gasteiger partial charge in [-0.05, 0) is 48.7 Å².